The van der Waals surface area contributed by atoms with Crippen molar-refractivity contribution in [2.75, 3.05) is 0 Å². The van der Waals surface area contributed by atoms with Gasteiger partial charge in [-0.25, -0.2) is 4.39 Å². The molecule has 0 aliphatic rings. The number of rotatable bonds is 1. The van der Waals surface area contributed by atoms with Crippen molar-refractivity contribution in [1.82, 2.24) is 0 Å². The monoisotopic (exact) mass is 211 g/mol. The van der Waals surface area contributed by atoms with Gasteiger partial charge in [0.25, 0.3) is 0 Å². The van der Waals surface area contributed by atoms with Crippen molar-refractivity contribution in [3.8, 4) is 17.2 Å². The molecule has 0 aliphatic heterocycles. The summed E-state index contributed by atoms with van der Waals surface area (Å²) in [4.78, 5) is 0. The summed E-state index contributed by atoms with van der Waals surface area (Å²) < 4.78 is 12.8. The molecule has 0 aromatic heterocycles. The van der Waals surface area contributed by atoms with Crippen molar-refractivity contribution < 1.29 is 4.39 Å². The normalized spacial score (nSPS) is 9.81. The quantitative estimate of drug-likeness (QED) is 0.706. The number of aryl methyl sites for hydroxylation is 1. The minimum Gasteiger partial charge on any atom is -0.207 e. The van der Waals surface area contributed by atoms with Crippen LogP contribution in [0, 0.1) is 24.1 Å². The fourth-order valence-electron chi connectivity index (χ4n) is 1.62. The largest absolute Gasteiger partial charge is 0.207 e. The molecule has 0 heterocycles. The van der Waals surface area contributed by atoms with Crippen molar-refractivity contribution in [2.45, 2.75) is 6.92 Å². The van der Waals surface area contributed by atoms with Gasteiger partial charge in [0.2, 0.25) is 0 Å². The predicted octanol–water partition coefficient (Wildman–Crippen LogP) is 3.67. The molecule has 0 spiro atoms. The van der Waals surface area contributed by atoms with Crippen molar-refractivity contribution in [2.24, 2.45) is 0 Å². The van der Waals surface area contributed by atoms with E-state index in [2.05, 4.69) is 6.07 Å². The smallest absolute Gasteiger partial charge is 0.123 e. The first-order chi connectivity index (χ1) is 7.70. The van der Waals surface area contributed by atoms with E-state index in [-0.39, 0.29) is 5.82 Å². The van der Waals surface area contributed by atoms with E-state index < -0.39 is 0 Å². The molecule has 0 fully saturated rings. The van der Waals surface area contributed by atoms with Crippen LogP contribution in [0.1, 0.15) is 11.1 Å². The Kier molecular flexibility index (Phi) is 2.70. The number of hydrogen-bond donors (Lipinski definition) is 0. The van der Waals surface area contributed by atoms with Gasteiger partial charge in [-0.2, -0.15) is 5.26 Å². The summed E-state index contributed by atoms with van der Waals surface area (Å²) in [6, 6.07) is 13.9. The van der Waals surface area contributed by atoms with Gasteiger partial charge in [-0.3, -0.25) is 0 Å². The molecule has 0 saturated heterocycles. The van der Waals surface area contributed by atoms with E-state index in [4.69, 9.17) is 5.26 Å². The lowest BCUT2D eigenvalue weighted by Crippen LogP contribution is -1.86. The van der Waals surface area contributed by atoms with Crippen LogP contribution in [0.15, 0.2) is 42.5 Å². The van der Waals surface area contributed by atoms with Gasteiger partial charge in [0.05, 0.1) is 11.6 Å². The Morgan fingerprint density at radius 3 is 2.38 bits per heavy atom. The molecular formula is C14H10FN. The lowest BCUT2D eigenvalue weighted by atomic mass is 9.98. The average Bonchev–Trinajstić information content (AvgIpc) is 2.30. The Bertz CT molecular complexity index is 550. The Hall–Kier alpha value is -2.14. The molecule has 1 nitrogen and oxygen atoms in total. The van der Waals surface area contributed by atoms with Crippen LogP contribution in [0.25, 0.3) is 11.1 Å². The van der Waals surface area contributed by atoms with Crippen LogP contribution in [0.2, 0.25) is 0 Å². The lowest BCUT2D eigenvalue weighted by Gasteiger charge is -2.05. The topological polar surface area (TPSA) is 23.8 Å². The van der Waals surface area contributed by atoms with Gasteiger partial charge < -0.3 is 0 Å². The molecule has 2 aromatic carbocycles. The number of halogens is 1. The van der Waals surface area contributed by atoms with Gasteiger partial charge in [-0.15, -0.1) is 0 Å². The summed E-state index contributed by atoms with van der Waals surface area (Å²) >= 11 is 0. The molecule has 0 aliphatic carbocycles. The summed E-state index contributed by atoms with van der Waals surface area (Å²) in [5, 5.41) is 9.00. The SMILES string of the molecule is Cc1ccc(C#N)c(-c2ccc(F)cc2)c1. The van der Waals surface area contributed by atoms with E-state index in [1.165, 1.54) is 12.1 Å². The van der Waals surface area contributed by atoms with E-state index in [0.717, 1.165) is 16.7 Å². The number of nitriles is 1. The van der Waals surface area contributed by atoms with Crippen LogP contribution in [0.3, 0.4) is 0 Å². The summed E-state index contributed by atoms with van der Waals surface area (Å²) in [7, 11) is 0. The van der Waals surface area contributed by atoms with Crippen LogP contribution >= 0.6 is 0 Å². The van der Waals surface area contributed by atoms with Gasteiger partial charge in [0.15, 0.2) is 0 Å². The van der Waals surface area contributed by atoms with Crippen molar-refractivity contribution in [1.29, 1.82) is 5.26 Å². The molecule has 0 amide bonds. The number of nitrogens with zero attached hydrogens (tertiary/aromatic N) is 1. The summed E-state index contributed by atoms with van der Waals surface area (Å²) in [5.74, 6) is -0.269. The first-order valence-electron chi connectivity index (χ1n) is 4.97. The third kappa shape index (κ3) is 1.94. The minimum absolute atomic E-state index is 0.269. The van der Waals surface area contributed by atoms with Gasteiger partial charge >= 0.3 is 0 Å². The molecule has 16 heavy (non-hydrogen) atoms. The summed E-state index contributed by atoms with van der Waals surface area (Å²) in [6.45, 7) is 1.97. The fourth-order valence-corrected chi connectivity index (χ4v) is 1.62. The standard InChI is InChI=1S/C14H10FN/c1-10-2-3-12(9-16)14(8-10)11-4-6-13(15)7-5-11/h2-8H,1H3. The Morgan fingerprint density at radius 2 is 1.75 bits per heavy atom. The minimum atomic E-state index is -0.269. The van der Waals surface area contributed by atoms with Gasteiger partial charge in [-0.05, 0) is 36.2 Å². The highest BCUT2D eigenvalue weighted by Crippen LogP contribution is 2.24. The van der Waals surface area contributed by atoms with Crippen molar-refractivity contribution in [3.63, 3.8) is 0 Å². The highest BCUT2D eigenvalue weighted by Gasteiger charge is 2.04. The Balaban J connectivity index is 2.59. The molecule has 0 N–H and O–H groups in total. The fraction of sp³-hybridized carbons (Fsp3) is 0.0714. The summed E-state index contributed by atoms with van der Waals surface area (Å²) in [6.07, 6.45) is 0. The number of hydrogen-bond acceptors (Lipinski definition) is 1. The lowest BCUT2D eigenvalue weighted by molar-refractivity contribution is 0.628. The van der Waals surface area contributed by atoms with Crippen LogP contribution in [0.5, 0.6) is 0 Å². The molecule has 0 atom stereocenters. The highest BCUT2D eigenvalue weighted by atomic mass is 19.1. The second kappa shape index (κ2) is 4.16. The van der Waals surface area contributed by atoms with Crippen LogP contribution in [-0.2, 0) is 0 Å². The highest BCUT2D eigenvalue weighted by molar-refractivity contribution is 5.71. The molecule has 78 valence electrons. The molecule has 0 saturated carbocycles. The molecule has 0 radical (unpaired) electrons. The maximum Gasteiger partial charge on any atom is 0.123 e. The Labute approximate surface area is 93.8 Å². The second-order valence-corrected chi connectivity index (χ2v) is 3.67. The summed E-state index contributed by atoms with van der Waals surface area (Å²) in [5.41, 5.74) is 3.40. The van der Waals surface area contributed by atoms with Crippen molar-refractivity contribution >= 4 is 0 Å². The average molecular weight is 211 g/mol. The molecule has 0 unspecified atom stereocenters. The maximum absolute atomic E-state index is 12.8. The molecular weight excluding hydrogens is 201 g/mol. The van der Waals surface area contributed by atoms with E-state index in [1.54, 1.807) is 18.2 Å². The first-order valence-corrected chi connectivity index (χ1v) is 4.97. The zero-order chi connectivity index (χ0) is 11.5. The Morgan fingerprint density at radius 1 is 1.06 bits per heavy atom. The molecule has 0 bridgehead atoms. The third-order valence-electron chi connectivity index (χ3n) is 2.45. The van der Waals surface area contributed by atoms with Gasteiger partial charge in [0.1, 0.15) is 5.82 Å². The third-order valence-corrected chi connectivity index (χ3v) is 2.45. The molecule has 2 aromatic rings. The second-order valence-electron chi connectivity index (χ2n) is 3.67. The first kappa shape index (κ1) is 10.4. The van der Waals surface area contributed by atoms with Crippen LogP contribution in [0.4, 0.5) is 4.39 Å². The maximum atomic E-state index is 12.8. The van der Waals surface area contributed by atoms with Crippen molar-refractivity contribution in [3.05, 3.63) is 59.4 Å². The number of benzene rings is 2. The van der Waals surface area contributed by atoms with E-state index in [0.29, 0.717) is 5.56 Å². The zero-order valence-corrected chi connectivity index (χ0v) is 8.87. The van der Waals surface area contributed by atoms with E-state index in [9.17, 15) is 4.39 Å². The van der Waals surface area contributed by atoms with Gasteiger partial charge in [0, 0.05) is 0 Å². The molecule has 2 rings (SSSR count). The zero-order valence-electron chi connectivity index (χ0n) is 8.87. The van der Waals surface area contributed by atoms with Gasteiger partial charge in [-0.1, -0.05) is 29.8 Å². The predicted molar refractivity (Wildman–Crippen MR) is 61.3 cm³/mol. The van der Waals surface area contributed by atoms with E-state index >= 15 is 0 Å². The van der Waals surface area contributed by atoms with Crippen LogP contribution < -0.4 is 0 Å². The molecule has 2 heteroatoms. The van der Waals surface area contributed by atoms with E-state index in [1.807, 2.05) is 19.1 Å². The van der Waals surface area contributed by atoms with Crippen LogP contribution in [-0.4, -0.2) is 0 Å².